The Balaban J connectivity index is 2.14. The van der Waals surface area contributed by atoms with Crippen LogP contribution in [-0.4, -0.2) is 9.97 Å². The number of hydrogen-bond acceptors (Lipinski definition) is 3. The Morgan fingerprint density at radius 2 is 1.71 bits per heavy atom. The molecule has 0 amide bonds. The molecule has 0 aliphatic rings. The number of rotatable bonds is 4. The molecule has 1 aromatic carbocycles. The van der Waals surface area contributed by atoms with E-state index in [0.29, 0.717) is 5.69 Å². The molecule has 0 saturated carbocycles. The zero-order valence-corrected chi connectivity index (χ0v) is 10.1. The van der Waals surface area contributed by atoms with Gasteiger partial charge in [0.15, 0.2) is 5.82 Å². The van der Waals surface area contributed by atoms with Crippen LogP contribution in [0.5, 0.6) is 0 Å². The van der Waals surface area contributed by atoms with Gasteiger partial charge in [-0.2, -0.15) is 0 Å². The highest BCUT2D eigenvalue weighted by Gasteiger charge is 2.00. The van der Waals surface area contributed by atoms with Gasteiger partial charge in [0.2, 0.25) is 0 Å². The Morgan fingerprint density at radius 1 is 1.06 bits per heavy atom. The van der Waals surface area contributed by atoms with Crippen molar-refractivity contribution < 1.29 is 0 Å². The maximum atomic E-state index is 5.56. The Morgan fingerprint density at radius 3 is 2.29 bits per heavy atom. The molecular formula is C14H17N3. The summed E-state index contributed by atoms with van der Waals surface area (Å²) >= 11 is 0. The van der Waals surface area contributed by atoms with Crippen molar-refractivity contribution in [3.05, 3.63) is 42.2 Å². The topological polar surface area (TPSA) is 51.8 Å². The van der Waals surface area contributed by atoms with Crippen LogP contribution in [0.1, 0.15) is 25.3 Å². The fourth-order valence-corrected chi connectivity index (χ4v) is 1.69. The minimum Gasteiger partial charge on any atom is -0.396 e. The Bertz CT molecular complexity index is 460. The van der Waals surface area contributed by atoms with E-state index in [-0.39, 0.29) is 0 Å². The number of hydrogen-bond donors (Lipinski definition) is 1. The van der Waals surface area contributed by atoms with Crippen LogP contribution in [0.3, 0.4) is 0 Å². The number of aryl methyl sites for hydroxylation is 1. The first kappa shape index (κ1) is 11.6. The molecule has 0 saturated heterocycles. The molecule has 0 spiro atoms. The van der Waals surface area contributed by atoms with E-state index in [4.69, 9.17) is 5.73 Å². The van der Waals surface area contributed by atoms with Gasteiger partial charge >= 0.3 is 0 Å². The fourth-order valence-electron chi connectivity index (χ4n) is 1.69. The van der Waals surface area contributed by atoms with Gasteiger partial charge in [-0.05, 0) is 18.4 Å². The van der Waals surface area contributed by atoms with E-state index in [0.717, 1.165) is 17.8 Å². The van der Waals surface area contributed by atoms with Crippen molar-refractivity contribution in [3.8, 4) is 11.4 Å². The van der Waals surface area contributed by atoms with E-state index < -0.39 is 0 Å². The van der Waals surface area contributed by atoms with E-state index >= 15 is 0 Å². The lowest BCUT2D eigenvalue weighted by Gasteiger charge is -2.03. The van der Waals surface area contributed by atoms with E-state index in [2.05, 4.69) is 41.2 Å². The van der Waals surface area contributed by atoms with Crippen LogP contribution < -0.4 is 5.73 Å². The molecule has 1 aromatic heterocycles. The van der Waals surface area contributed by atoms with Crippen LogP contribution in [0.4, 0.5) is 5.69 Å². The van der Waals surface area contributed by atoms with E-state index in [1.54, 1.807) is 12.4 Å². The summed E-state index contributed by atoms with van der Waals surface area (Å²) in [5.41, 5.74) is 8.55. The average molecular weight is 227 g/mol. The number of nitrogen functional groups attached to an aromatic ring is 1. The lowest BCUT2D eigenvalue weighted by atomic mass is 10.1. The van der Waals surface area contributed by atoms with Crippen molar-refractivity contribution >= 4 is 5.69 Å². The highest BCUT2D eigenvalue weighted by molar-refractivity contribution is 5.56. The molecule has 0 radical (unpaired) electrons. The van der Waals surface area contributed by atoms with Gasteiger partial charge in [0.05, 0.1) is 18.1 Å². The summed E-state index contributed by atoms with van der Waals surface area (Å²) in [5.74, 6) is 0.723. The third kappa shape index (κ3) is 3.03. The monoisotopic (exact) mass is 227 g/mol. The highest BCUT2D eigenvalue weighted by Crippen LogP contribution is 2.16. The second-order valence-corrected chi connectivity index (χ2v) is 4.14. The molecule has 2 aromatic rings. The Hall–Kier alpha value is -1.90. The van der Waals surface area contributed by atoms with Gasteiger partial charge in [0, 0.05) is 5.56 Å². The molecule has 2 N–H and O–H groups in total. The quantitative estimate of drug-likeness (QED) is 0.873. The standard InChI is InChI=1S/C14H17N3/c1-2-3-4-11-5-7-12(8-6-11)14-16-9-13(15)10-17-14/h5-10H,2-4,15H2,1H3. The molecule has 3 nitrogen and oxygen atoms in total. The van der Waals surface area contributed by atoms with Crippen LogP contribution in [0.15, 0.2) is 36.7 Å². The van der Waals surface area contributed by atoms with Crippen molar-refractivity contribution in [3.63, 3.8) is 0 Å². The highest BCUT2D eigenvalue weighted by atomic mass is 14.9. The van der Waals surface area contributed by atoms with E-state index in [1.165, 1.54) is 18.4 Å². The lowest BCUT2D eigenvalue weighted by molar-refractivity contribution is 0.795. The number of nitrogens with zero attached hydrogens (tertiary/aromatic N) is 2. The molecule has 3 heteroatoms. The van der Waals surface area contributed by atoms with E-state index in [9.17, 15) is 0 Å². The minimum absolute atomic E-state index is 0.591. The average Bonchev–Trinajstić information content (AvgIpc) is 2.38. The molecule has 0 fully saturated rings. The summed E-state index contributed by atoms with van der Waals surface area (Å²) in [5, 5.41) is 0. The SMILES string of the molecule is CCCCc1ccc(-c2ncc(N)cn2)cc1. The predicted molar refractivity (Wildman–Crippen MR) is 70.5 cm³/mol. The smallest absolute Gasteiger partial charge is 0.159 e. The first-order chi connectivity index (χ1) is 8.29. The minimum atomic E-state index is 0.591. The molecular weight excluding hydrogens is 210 g/mol. The molecule has 2 rings (SSSR count). The number of aromatic nitrogens is 2. The molecule has 0 unspecified atom stereocenters. The Kier molecular flexibility index (Phi) is 3.70. The third-order valence-corrected chi connectivity index (χ3v) is 2.70. The van der Waals surface area contributed by atoms with Gasteiger partial charge in [-0.25, -0.2) is 9.97 Å². The van der Waals surface area contributed by atoms with Gasteiger partial charge in [0.1, 0.15) is 0 Å². The number of benzene rings is 1. The first-order valence-electron chi connectivity index (χ1n) is 5.96. The molecule has 0 atom stereocenters. The van der Waals surface area contributed by atoms with Crippen LogP contribution in [-0.2, 0) is 6.42 Å². The number of anilines is 1. The summed E-state index contributed by atoms with van der Waals surface area (Å²) in [6.45, 7) is 2.20. The van der Waals surface area contributed by atoms with Crippen molar-refractivity contribution in [2.24, 2.45) is 0 Å². The summed E-state index contributed by atoms with van der Waals surface area (Å²) in [6, 6.07) is 8.42. The van der Waals surface area contributed by atoms with E-state index in [1.807, 2.05) is 0 Å². The third-order valence-electron chi connectivity index (χ3n) is 2.70. The fraction of sp³-hybridized carbons (Fsp3) is 0.286. The zero-order valence-electron chi connectivity index (χ0n) is 10.1. The number of nitrogens with two attached hydrogens (primary N) is 1. The summed E-state index contributed by atoms with van der Waals surface area (Å²) in [7, 11) is 0. The van der Waals surface area contributed by atoms with Crippen molar-refractivity contribution in [2.45, 2.75) is 26.2 Å². The van der Waals surface area contributed by atoms with Crippen LogP contribution in [0, 0.1) is 0 Å². The summed E-state index contributed by atoms with van der Waals surface area (Å²) < 4.78 is 0. The van der Waals surface area contributed by atoms with Gasteiger partial charge in [-0.3, -0.25) is 0 Å². The van der Waals surface area contributed by atoms with Crippen LogP contribution in [0.2, 0.25) is 0 Å². The van der Waals surface area contributed by atoms with Gasteiger partial charge in [-0.15, -0.1) is 0 Å². The lowest BCUT2D eigenvalue weighted by Crippen LogP contribution is -1.92. The second-order valence-electron chi connectivity index (χ2n) is 4.14. The summed E-state index contributed by atoms with van der Waals surface area (Å²) in [4.78, 5) is 8.41. The second kappa shape index (κ2) is 5.43. The van der Waals surface area contributed by atoms with Crippen molar-refractivity contribution in [2.75, 3.05) is 5.73 Å². The van der Waals surface area contributed by atoms with Crippen molar-refractivity contribution in [1.29, 1.82) is 0 Å². The maximum Gasteiger partial charge on any atom is 0.159 e. The first-order valence-corrected chi connectivity index (χ1v) is 5.96. The van der Waals surface area contributed by atoms with Gasteiger partial charge < -0.3 is 5.73 Å². The zero-order chi connectivity index (χ0) is 12.1. The maximum absolute atomic E-state index is 5.56. The molecule has 88 valence electrons. The van der Waals surface area contributed by atoms with Crippen LogP contribution >= 0.6 is 0 Å². The predicted octanol–water partition coefficient (Wildman–Crippen LogP) is 3.07. The molecule has 0 aliphatic carbocycles. The van der Waals surface area contributed by atoms with Crippen LogP contribution in [0.25, 0.3) is 11.4 Å². The molecule has 1 heterocycles. The largest absolute Gasteiger partial charge is 0.396 e. The molecule has 0 bridgehead atoms. The van der Waals surface area contributed by atoms with Gasteiger partial charge in [0.25, 0.3) is 0 Å². The van der Waals surface area contributed by atoms with Crippen molar-refractivity contribution in [1.82, 2.24) is 9.97 Å². The van der Waals surface area contributed by atoms with Gasteiger partial charge in [-0.1, -0.05) is 37.6 Å². The Labute approximate surface area is 102 Å². The molecule has 17 heavy (non-hydrogen) atoms. The number of unbranched alkanes of at least 4 members (excludes halogenated alkanes) is 1. The normalized spacial score (nSPS) is 10.4. The summed E-state index contributed by atoms with van der Waals surface area (Å²) in [6.07, 6.45) is 6.86. The molecule has 0 aliphatic heterocycles.